The van der Waals surface area contributed by atoms with Gasteiger partial charge in [0.15, 0.2) is 0 Å². The predicted molar refractivity (Wildman–Crippen MR) is 76.4 cm³/mol. The van der Waals surface area contributed by atoms with Gasteiger partial charge >= 0.3 is 0 Å². The van der Waals surface area contributed by atoms with E-state index < -0.39 is 10.0 Å². The van der Waals surface area contributed by atoms with Gasteiger partial charge in [-0.3, -0.25) is 4.79 Å². The molecule has 0 bridgehead atoms. The van der Waals surface area contributed by atoms with E-state index in [2.05, 4.69) is 21.2 Å². The summed E-state index contributed by atoms with van der Waals surface area (Å²) >= 11 is 3.31. The van der Waals surface area contributed by atoms with Crippen LogP contribution in [0.5, 0.6) is 0 Å². The van der Waals surface area contributed by atoms with E-state index in [1.807, 2.05) is 6.07 Å². The van der Waals surface area contributed by atoms with Crippen LogP contribution in [0, 0.1) is 0 Å². The van der Waals surface area contributed by atoms with Gasteiger partial charge in [-0.05, 0) is 24.6 Å². The summed E-state index contributed by atoms with van der Waals surface area (Å²) in [5.74, 6) is -0.179. The Morgan fingerprint density at radius 3 is 2.79 bits per heavy atom. The molecule has 104 valence electrons. The zero-order valence-electron chi connectivity index (χ0n) is 10.5. The van der Waals surface area contributed by atoms with Gasteiger partial charge in [0.25, 0.3) is 5.91 Å². The second-order valence-electron chi connectivity index (χ2n) is 4.59. The minimum absolute atomic E-state index is 0.124. The van der Waals surface area contributed by atoms with Crippen molar-refractivity contribution in [3.05, 3.63) is 34.3 Å². The molecule has 1 N–H and O–H groups in total. The highest BCUT2D eigenvalue weighted by Gasteiger charge is 2.29. The summed E-state index contributed by atoms with van der Waals surface area (Å²) in [6.07, 6.45) is 1.83. The molecule has 0 radical (unpaired) electrons. The van der Waals surface area contributed by atoms with Crippen LogP contribution in [-0.4, -0.2) is 44.0 Å². The summed E-state index contributed by atoms with van der Waals surface area (Å²) < 4.78 is 25.0. The Kier molecular flexibility index (Phi) is 4.27. The van der Waals surface area contributed by atoms with Crippen LogP contribution in [0.4, 0.5) is 0 Å². The molecule has 1 heterocycles. The number of halogens is 1. The van der Waals surface area contributed by atoms with E-state index in [9.17, 15) is 13.2 Å². The van der Waals surface area contributed by atoms with Crippen molar-refractivity contribution in [3.63, 3.8) is 0 Å². The molecule has 1 fully saturated rings. The van der Waals surface area contributed by atoms with E-state index in [0.717, 1.165) is 4.47 Å². The Hall–Kier alpha value is -0.920. The lowest BCUT2D eigenvalue weighted by molar-refractivity contribution is 0.0939. The van der Waals surface area contributed by atoms with Crippen molar-refractivity contribution in [2.45, 2.75) is 12.5 Å². The number of nitrogens with zero attached hydrogens (tertiary/aromatic N) is 1. The Bertz CT molecular complexity index is 588. The van der Waals surface area contributed by atoms with Crippen molar-refractivity contribution in [2.24, 2.45) is 0 Å². The Morgan fingerprint density at radius 1 is 1.47 bits per heavy atom. The Labute approximate surface area is 121 Å². The molecule has 1 aliphatic rings. The quantitative estimate of drug-likeness (QED) is 0.894. The minimum Gasteiger partial charge on any atom is -0.348 e. The summed E-state index contributed by atoms with van der Waals surface area (Å²) in [5.41, 5.74) is 0.562. The van der Waals surface area contributed by atoms with Gasteiger partial charge in [-0.1, -0.05) is 22.0 Å². The van der Waals surface area contributed by atoms with Crippen molar-refractivity contribution in [2.75, 3.05) is 19.3 Å². The molecule has 1 unspecified atom stereocenters. The van der Waals surface area contributed by atoms with Crippen molar-refractivity contribution in [1.82, 2.24) is 9.62 Å². The minimum atomic E-state index is -3.17. The van der Waals surface area contributed by atoms with Crippen molar-refractivity contribution in [1.29, 1.82) is 0 Å². The lowest BCUT2D eigenvalue weighted by atomic mass is 10.2. The van der Waals surface area contributed by atoms with Gasteiger partial charge in [-0.25, -0.2) is 12.7 Å². The zero-order valence-corrected chi connectivity index (χ0v) is 12.9. The number of carbonyl (C=O) groups is 1. The molecule has 0 spiro atoms. The number of sulfonamides is 1. The topological polar surface area (TPSA) is 66.5 Å². The first kappa shape index (κ1) is 14.5. The maximum absolute atomic E-state index is 12.0. The molecule has 0 aliphatic carbocycles. The van der Waals surface area contributed by atoms with Crippen LogP contribution in [0.1, 0.15) is 16.8 Å². The van der Waals surface area contributed by atoms with Crippen molar-refractivity contribution in [3.8, 4) is 0 Å². The average Bonchev–Trinajstić information content (AvgIpc) is 2.77. The first-order chi connectivity index (χ1) is 8.86. The Balaban J connectivity index is 1.98. The summed E-state index contributed by atoms with van der Waals surface area (Å²) in [5, 5.41) is 2.86. The van der Waals surface area contributed by atoms with E-state index in [1.165, 1.54) is 10.6 Å². The summed E-state index contributed by atoms with van der Waals surface area (Å²) in [7, 11) is -3.17. The van der Waals surface area contributed by atoms with Gasteiger partial charge in [-0.15, -0.1) is 0 Å². The summed E-state index contributed by atoms with van der Waals surface area (Å²) in [6, 6.07) is 6.97. The first-order valence-electron chi connectivity index (χ1n) is 5.88. The Morgan fingerprint density at radius 2 is 2.21 bits per heavy atom. The molecular formula is C12H15BrN2O3S. The molecule has 1 aliphatic heterocycles. The fourth-order valence-corrected chi connectivity index (χ4v) is 3.33. The number of hydrogen-bond donors (Lipinski definition) is 1. The smallest absolute Gasteiger partial charge is 0.251 e. The van der Waals surface area contributed by atoms with E-state index in [1.54, 1.807) is 18.2 Å². The molecule has 7 heteroatoms. The number of rotatable bonds is 3. The van der Waals surface area contributed by atoms with Crippen LogP contribution >= 0.6 is 15.9 Å². The van der Waals surface area contributed by atoms with Crippen LogP contribution in [0.15, 0.2) is 28.7 Å². The number of nitrogens with one attached hydrogen (secondary N) is 1. The predicted octanol–water partition coefficient (Wildman–Crippen LogP) is 1.21. The third kappa shape index (κ3) is 3.77. The second kappa shape index (κ2) is 5.60. The van der Waals surface area contributed by atoms with Gasteiger partial charge < -0.3 is 5.32 Å². The highest BCUT2D eigenvalue weighted by molar-refractivity contribution is 9.10. The number of carbonyl (C=O) groups excluding carboxylic acids is 1. The van der Waals surface area contributed by atoms with Gasteiger partial charge in [0.05, 0.1) is 6.26 Å². The van der Waals surface area contributed by atoms with Crippen LogP contribution in [0.3, 0.4) is 0 Å². The molecule has 1 saturated heterocycles. The van der Waals surface area contributed by atoms with Crippen LogP contribution in [-0.2, 0) is 10.0 Å². The second-order valence-corrected chi connectivity index (χ2v) is 7.49. The average molecular weight is 347 g/mol. The normalized spacial score (nSPS) is 20.4. The fourth-order valence-electron chi connectivity index (χ4n) is 2.05. The van der Waals surface area contributed by atoms with E-state index >= 15 is 0 Å². The summed E-state index contributed by atoms with van der Waals surface area (Å²) in [4.78, 5) is 12.0. The number of benzene rings is 1. The third-order valence-corrected chi connectivity index (χ3v) is 4.80. The van der Waals surface area contributed by atoms with E-state index in [-0.39, 0.29) is 11.9 Å². The molecule has 0 aromatic heterocycles. The molecular weight excluding hydrogens is 332 g/mol. The van der Waals surface area contributed by atoms with Crippen LogP contribution in [0.25, 0.3) is 0 Å². The molecule has 5 nitrogen and oxygen atoms in total. The molecule has 1 amide bonds. The molecule has 1 aromatic rings. The molecule has 2 rings (SSSR count). The number of amides is 1. The fraction of sp³-hybridized carbons (Fsp3) is 0.417. The van der Waals surface area contributed by atoms with Crippen LogP contribution < -0.4 is 5.32 Å². The third-order valence-electron chi connectivity index (χ3n) is 3.04. The van der Waals surface area contributed by atoms with Gasteiger partial charge in [0.2, 0.25) is 10.0 Å². The molecule has 1 aromatic carbocycles. The molecule has 1 atom stereocenters. The largest absolute Gasteiger partial charge is 0.348 e. The zero-order chi connectivity index (χ0) is 14.0. The summed E-state index contributed by atoms with van der Waals surface area (Å²) in [6.45, 7) is 0.806. The highest BCUT2D eigenvalue weighted by atomic mass is 79.9. The number of hydrogen-bond acceptors (Lipinski definition) is 3. The SMILES string of the molecule is CS(=O)(=O)N1CCC(NC(=O)c2cccc(Br)c2)C1. The lowest BCUT2D eigenvalue weighted by Gasteiger charge is -2.14. The van der Waals surface area contributed by atoms with Gasteiger partial charge in [-0.2, -0.15) is 0 Å². The van der Waals surface area contributed by atoms with Crippen LogP contribution in [0.2, 0.25) is 0 Å². The van der Waals surface area contributed by atoms with E-state index in [4.69, 9.17) is 0 Å². The standard InChI is InChI=1S/C12H15BrN2O3S/c1-19(17,18)15-6-5-11(8-15)14-12(16)9-3-2-4-10(13)7-9/h2-4,7,11H,5-6,8H2,1H3,(H,14,16). The van der Waals surface area contributed by atoms with E-state index in [0.29, 0.717) is 25.1 Å². The van der Waals surface area contributed by atoms with Crippen molar-refractivity contribution < 1.29 is 13.2 Å². The molecule has 0 saturated carbocycles. The highest BCUT2D eigenvalue weighted by Crippen LogP contribution is 2.15. The van der Waals surface area contributed by atoms with Gasteiger partial charge in [0.1, 0.15) is 0 Å². The van der Waals surface area contributed by atoms with Crippen molar-refractivity contribution >= 4 is 31.9 Å². The monoisotopic (exact) mass is 346 g/mol. The molecule has 19 heavy (non-hydrogen) atoms. The lowest BCUT2D eigenvalue weighted by Crippen LogP contribution is -2.38. The first-order valence-corrected chi connectivity index (χ1v) is 8.52. The maximum Gasteiger partial charge on any atom is 0.251 e. The maximum atomic E-state index is 12.0. The van der Waals surface area contributed by atoms with Gasteiger partial charge in [0, 0.05) is 29.2 Å².